The van der Waals surface area contributed by atoms with Crippen LogP contribution in [0.4, 0.5) is 0 Å². The Hall–Kier alpha value is -0.120. The minimum absolute atomic E-state index is 0.0248. The third-order valence-corrected chi connectivity index (χ3v) is 3.25. The topological polar surface area (TPSA) is 38.7 Å². The summed E-state index contributed by atoms with van der Waals surface area (Å²) in [7, 11) is 0. The fraction of sp³-hybridized carbons (Fsp3) is 1.00. The van der Waals surface area contributed by atoms with Gasteiger partial charge in [0.1, 0.15) is 0 Å². The van der Waals surface area contributed by atoms with E-state index in [0.29, 0.717) is 5.92 Å². The SMILES string of the molecule is OC(CCCOC1CCCCO1)C1CC1. The first-order chi connectivity index (χ1) is 7.36. The Bertz CT molecular complexity index is 174. The van der Waals surface area contributed by atoms with Crippen molar-refractivity contribution >= 4 is 0 Å². The van der Waals surface area contributed by atoms with E-state index < -0.39 is 0 Å². The molecule has 0 radical (unpaired) electrons. The molecule has 1 saturated heterocycles. The van der Waals surface area contributed by atoms with Gasteiger partial charge in [0.05, 0.1) is 6.10 Å². The smallest absolute Gasteiger partial charge is 0.157 e. The molecule has 1 heterocycles. The second-order valence-corrected chi connectivity index (χ2v) is 4.71. The molecule has 0 aromatic heterocycles. The Balaban J connectivity index is 1.46. The van der Waals surface area contributed by atoms with Gasteiger partial charge < -0.3 is 14.6 Å². The molecule has 2 fully saturated rings. The summed E-state index contributed by atoms with van der Waals surface area (Å²) in [6.45, 7) is 1.57. The van der Waals surface area contributed by atoms with Gasteiger partial charge in [-0.15, -0.1) is 0 Å². The zero-order valence-corrected chi connectivity index (χ0v) is 9.36. The van der Waals surface area contributed by atoms with Crippen molar-refractivity contribution in [1.29, 1.82) is 0 Å². The first kappa shape index (κ1) is 11.4. The Kier molecular flexibility index (Phi) is 4.42. The number of aliphatic hydroxyl groups is 1. The van der Waals surface area contributed by atoms with Crippen molar-refractivity contribution in [3.8, 4) is 0 Å². The van der Waals surface area contributed by atoms with Crippen LogP contribution in [-0.4, -0.2) is 30.7 Å². The van der Waals surface area contributed by atoms with Crippen LogP contribution in [0.1, 0.15) is 44.9 Å². The molecule has 0 spiro atoms. The van der Waals surface area contributed by atoms with E-state index in [0.717, 1.165) is 32.5 Å². The van der Waals surface area contributed by atoms with Crippen molar-refractivity contribution in [3.63, 3.8) is 0 Å². The maximum atomic E-state index is 9.64. The maximum Gasteiger partial charge on any atom is 0.157 e. The van der Waals surface area contributed by atoms with Crippen LogP contribution < -0.4 is 0 Å². The van der Waals surface area contributed by atoms with Crippen molar-refractivity contribution in [3.05, 3.63) is 0 Å². The summed E-state index contributed by atoms with van der Waals surface area (Å²) in [5, 5.41) is 9.64. The van der Waals surface area contributed by atoms with Crippen LogP contribution in [0.2, 0.25) is 0 Å². The van der Waals surface area contributed by atoms with Gasteiger partial charge in [-0.25, -0.2) is 0 Å². The summed E-state index contributed by atoms with van der Waals surface area (Å²) < 4.78 is 11.1. The van der Waals surface area contributed by atoms with Crippen LogP contribution in [-0.2, 0) is 9.47 Å². The minimum atomic E-state index is -0.0825. The molecule has 3 heteroatoms. The number of rotatable bonds is 6. The van der Waals surface area contributed by atoms with E-state index in [2.05, 4.69) is 0 Å². The van der Waals surface area contributed by atoms with Gasteiger partial charge in [-0.3, -0.25) is 0 Å². The van der Waals surface area contributed by atoms with Crippen molar-refractivity contribution in [1.82, 2.24) is 0 Å². The summed E-state index contributed by atoms with van der Waals surface area (Å²) in [6.07, 6.45) is 7.63. The Labute approximate surface area is 91.8 Å². The number of hydrogen-bond acceptors (Lipinski definition) is 3. The van der Waals surface area contributed by atoms with E-state index >= 15 is 0 Å². The third-order valence-electron chi connectivity index (χ3n) is 3.25. The average Bonchev–Trinajstić information content (AvgIpc) is 3.09. The van der Waals surface area contributed by atoms with Crippen LogP contribution in [0, 0.1) is 5.92 Å². The molecule has 1 aliphatic carbocycles. The van der Waals surface area contributed by atoms with Crippen molar-refractivity contribution in [2.75, 3.05) is 13.2 Å². The van der Waals surface area contributed by atoms with Crippen LogP contribution in [0.15, 0.2) is 0 Å². The predicted molar refractivity (Wildman–Crippen MR) is 57.5 cm³/mol. The van der Waals surface area contributed by atoms with Crippen LogP contribution in [0.25, 0.3) is 0 Å². The standard InChI is InChI=1S/C12H22O3/c13-11(10-6-7-10)4-3-9-15-12-5-1-2-8-14-12/h10-13H,1-9H2. The number of hydrogen-bond donors (Lipinski definition) is 1. The molecule has 0 aromatic rings. The van der Waals surface area contributed by atoms with Crippen molar-refractivity contribution < 1.29 is 14.6 Å². The third kappa shape index (κ3) is 4.09. The lowest BCUT2D eigenvalue weighted by Gasteiger charge is -2.22. The number of aliphatic hydroxyl groups excluding tert-OH is 1. The molecule has 15 heavy (non-hydrogen) atoms. The summed E-state index contributed by atoms with van der Waals surface area (Å²) in [5.41, 5.74) is 0. The fourth-order valence-electron chi connectivity index (χ4n) is 2.07. The highest BCUT2D eigenvalue weighted by atomic mass is 16.7. The normalized spacial score (nSPS) is 29.0. The van der Waals surface area contributed by atoms with Crippen LogP contribution in [0.3, 0.4) is 0 Å². The van der Waals surface area contributed by atoms with Crippen molar-refractivity contribution in [2.45, 2.75) is 57.3 Å². The highest BCUT2D eigenvalue weighted by Crippen LogP contribution is 2.34. The molecule has 88 valence electrons. The van der Waals surface area contributed by atoms with E-state index in [-0.39, 0.29) is 12.4 Å². The lowest BCUT2D eigenvalue weighted by atomic mass is 10.1. The summed E-state index contributed by atoms with van der Waals surface area (Å²) in [4.78, 5) is 0. The predicted octanol–water partition coefficient (Wildman–Crippen LogP) is 2.08. The van der Waals surface area contributed by atoms with Gasteiger partial charge in [-0.2, -0.15) is 0 Å². The van der Waals surface area contributed by atoms with Gasteiger partial charge in [0, 0.05) is 13.2 Å². The van der Waals surface area contributed by atoms with E-state index in [1.807, 2.05) is 0 Å². The number of ether oxygens (including phenoxy) is 2. The Morgan fingerprint density at radius 3 is 2.80 bits per heavy atom. The van der Waals surface area contributed by atoms with Gasteiger partial charge in [0.15, 0.2) is 6.29 Å². The molecular weight excluding hydrogens is 192 g/mol. The molecule has 2 rings (SSSR count). The monoisotopic (exact) mass is 214 g/mol. The van der Waals surface area contributed by atoms with Crippen LogP contribution in [0.5, 0.6) is 0 Å². The first-order valence-corrected chi connectivity index (χ1v) is 6.27. The molecule has 0 amide bonds. The fourth-order valence-corrected chi connectivity index (χ4v) is 2.07. The zero-order chi connectivity index (χ0) is 10.5. The van der Waals surface area contributed by atoms with Gasteiger partial charge in [0.25, 0.3) is 0 Å². The lowest BCUT2D eigenvalue weighted by Crippen LogP contribution is -2.23. The molecular formula is C12H22O3. The van der Waals surface area contributed by atoms with Gasteiger partial charge in [-0.1, -0.05) is 0 Å². The summed E-state index contributed by atoms with van der Waals surface area (Å²) in [6, 6.07) is 0. The maximum absolute atomic E-state index is 9.64. The lowest BCUT2D eigenvalue weighted by molar-refractivity contribution is -0.163. The molecule has 2 aliphatic rings. The highest BCUT2D eigenvalue weighted by molar-refractivity contribution is 4.80. The van der Waals surface area contributed by atoms with E-state index in [4.69, 9.17) is 9.47 Å². The Morgan fingerprint density at radius 1 is 1.27 bits per heavy atom. The van der Waals surface area contributed by atoms with E-state index in [1.54, 1.807) is 0 Å². The van der Waals surface area contributed by atoms with Gasteiger partial charge in [0.2, 0.25) is 0 Å². The molecule has 2 atom stereocenters. The first-order valence-electron chi connectivity index (χ1n) is 6.27. The molecule has 1 N–H and O–H groups in total. The second kappa shape index (κ2) is 5.83. The average molecular weight is 214 g/mol. The Morgan fingerprint density at radius 2 is 2.13 bits per heavy atom. The highest BCUT2D eigenvalue weighted by Gasteiger charge is 2.29. The second-order valence-electron chi connectivity index (χ2n) is 4.71. The van der Waals surface area contributed by atoms with Crippen LogP contribution >= 0.6 is 0 Å². The molecule has 0 bridgehead atoms. The quantitative estimate of drug-likeness (QED) is 0.688. The van der Waals surface area contributed by atoms with Gasteiger partial charge >= 0.3 is 0 Å². The molecule has 3 nitrogen and oxygen atoms in total. The minimum Gasteiger partial charge on any atom is -0.393 e. The molecule has 1 aliphatic heterocycles. The van der Waals surface area contributed by atoms with Gasteiger partial charge in [-0.05, 0) is 50.9 Å². The largest absolute Gasteiger partial charge is 0.393 e. The molecule has 1 saturated carbocycles. The van der Waals surface area contributed by atoms with E-state index in [1.165, 1.54) is 25.7 Å². The van der Waals surface area contributed by atoms with E-state index in [9.17, 15) is 5.11 Å². The summed E-state index contributed by atoms with van der Waals surface area (Å²) >= 11 is 0. The summed E-state index contributed by atoms with van der Waals surface area (Å²) in [5.74, 6) is 0.593. The molecule has 0 aromatic carbocycles. The molecule has 2 unspecified atom stereocenters. The zero-order valence-electron chi connectivity index (χ0n) is 9.36. The van der Waals surface area contributed by atoms with Crippen molar-refractivity contribution in [2.24, 2.45) is 5.92 Å².